The Morgan fingerprint density at radius 1 is 1.15 bits per heavy atom. The molecule has 0 bridgehead atoms. The molecule has 0 fully saturated rings. The molecule has 0 unspecified atom stereocenters. The number of rotatable bonds is 1. The molecule has 102 valence electrons. The van der Waals surface area contributed by atoms with Crippen molar-refractivity contribution in [3.8, 4) is 0 Å². The van der Waals surface area contributed by atoms with E-state index in [0.29, 0.717) is 15.4 Å². The molecule has 0 aliphatic rings. The highest BCUT2D eigenvalue weighted by Crippen LogP contribution is 2.01. The molecule has 0 radical (unpaired) electrons. The Balaban J connectivity index is 2.62. The van der Waals surface area contributed by atoms with Crippen LogP contribution in [0.4, 0.5) is 16.4 Å². The van der Waals surface area contributed by atoms with Crippen molar-refractivity contribution >= 4 is 24.0 Å². The zero-order valence-electron chi connectivity index (χ0n) is 9.89. The van der Waals surface area contributed by atoms with Gasteiger partial charge in [0.1, 0.15) is 11.6 Å². The molecular formula is C10H8N6O4. The lowest BCUT2D eigenvalue weighted by molar-refractivity contribution is 0.112. The van der Waals surface area contributed by atoms with E-state index in [1.54, 1.807) is 0 Å². The third kappa shape index (κ3) is 2.16. The largest absolute Gasteiger partial charge is 0.383 e. The second-order valence-corrected chi connectivity index (χ2v) is 3.64. The number of hydrogen-bond donors (Lipinski definition) is 2. The molecule has 0 aliphatic heterocycles. The molecule has 2 aromatic rings. The average molecular weight is 276 g/mol. The van der Waals surface area contributed by atoms with Gasteiger partial charge in [-0.2, -0.15) is 9.97 Å². The van der Waals surface area contributed by atoms with Gasteiger partial charge in [-0.25, -0.2) is 23.5 Å². The summed E-state index contributed by atoms with van der Waals surface area (Å²) in [6, 6.07) is 0.151. The second-order valence-electron chi connectivity index (χ2n) is 3.64. The van der Waals surface area contributed by atoms with Crippen LogP contribution in [-0.4, -0.2) is 31.4 Å². The van der Waals surface area contributed by atoms with Crippen LogP contribution in [0.5, 0.6) is 0 Å². The fourth-order valence-corrected chi connectivity index (χ4v) is 1.39. The summed E-state index contributed by atoms with van der Waals surface area (Å²) in [7, 11) is 0. The molecular weight excluding hydrogens is 268 g/mol. The minimum Gasteiger partial charge on any atom is -0.383 e. The third-order valence-corrected chi connectivity index (χ3v) is 2.35. The summed E-state index contributed by atoms with van der Waals surface area (Å²) in [5, 5.41) is 0. The van der Waals surface area contributed by atoms with Crippen LogP contribution >= 0.6 is 0 Å². The number of nitrogen functional groups attached to an aromatic ring is 2. The van der Waals surface area contributed by atoms with E-state index >= 15 is 0 Å². The smallest absolute Gasteiger partial charge is 0.357 e. The van der Waals surface area contributed by atoms with E-state index in [4.69, 9.17) is 11.5 Å². The molecule has 2 rings (SSSR count). The zero-order chi connectivity index (χ0) is 14.9. The number of anilines is 2. The number of aldehydes is 1. The van der Waals surface area contributed by atoms with E-state index in [-0.39, 0.29) is 17.2 Å². The molecule has 20 heavy (non-hydrogen) atoms. The summed E-state index contributed by atoms with van der Waals surface area (Å²) in [4.78, 5) is 52.5. The van der Waals surface area contributed by atoms with Gasteiger partial charge in [-0.15, -0.1) is 0 Å². The van der Waals surface area contributed by atoms with Crippen molar-refractivity contribution in [2.75, 3.05) is 11.5 Å². The van der Waals surface area contributed by atoms with Gasteiger partial charge >= 0.3 is 17.4 Å². The molecule has 0 aromatic carbocycles. The highest BCUT2D eigenvalue weighted by atomic mass is 16.2. The van der Waals surface area contributed by atoms with Crippen molar-refractivity contribution in [2.45, 2.75) is 0 Å². The lowest BCUT2D eigenvalue weighted by Gasteiger charge is -2.07. The number of carbonyl (C=O) groups excluding carboxylic acids is 2. The quantitative estimate of drug-likeness (QED) is 0.583. The van der Waals surface area contributed by atoms with Gasteiger partial charge in [0.25, 0.3) is 0 Å². The lowest BCUT2D eigenvalue weighted by atomic mass is 10.3. The van der Waals surface area contributed by atoms with Crippen molar-refractivity contribution < 1.29 is 9.59 Å². The van der Waals surface area contributed by atoms with Crippen molar-refractivity contribution in [1.29, 1.82) is 0 Å². The van der Waals surface area contributed by atoms with Crippen LogP contribution in [0, 0.1) is 0 Å². The summed E-state index contributed by atoms with van der Waals surface area (Å²) >= 11 is 0. The Labute approximate surface area is 110 Å². The zero-order valence-corrected chi connectivity index (χ0v) is 9.89. The van der Waals surface area contributed by atoms with E-state index in [9.17, 15) is 19.2 Å². The normalized spacial score (nSPS) is 10.2. The molecule has 0 saturated heterocycles. The number of hydrogen-bond acceptors (Lipinski definition) is 8. The van der Waals surface area contributed by atoms with Gasteiger partial charge in [0.2, 0.25) is 0 Å². The molecule has 2 aromatic heterocycles. The summed E-state index contributed by atoms with van der Waals surface area (Å²) in [6.45, 7) is 0. The predicted octanol–water partition coefficient (Wildman–Crippen LogP) is -1.71. The van der Waals surface area contributed by atoms with E-state index in [1.807, 2.05) is 0 Å². The van der Waals surface area contributed by atoms with E-state index < -0.39 is 17.4 Å². The van der Waals surface area contributed by atoms with Crippen LogP contribution < -0.4 is 22.8 Å². The highest BCUT2D eigenvalue weighted by Gasteiger charge is 2.15. The Kier molecular flexibility index (Phi) is 3.13. The number of aromatic nitrogens is 4. The molecule has 0 aliphatic carbocycles. The minimum absolute atomic E-state index is 0.0737. The van der Waals surface area contributed by atoms with Crippen LogP contribution in [-0.2, 0) is 0 Å². The van der Waals surface area contributed by atoms with Gasteiger partial charge in [0, 0.05) is 12.4 Å². The van der Waals surface area contributed by atoms with Gasteiger partial charge < -0.3 is 11.5 Å². The van der Waals surface area contributed by atoms with E-state index in [0.717, 1.165) is 12.4 Å². The topological polar surface area (TPSA) is 156 Å². The van der Waals surface area contributed by atoms with Crippen molar-refractivity contribution in [3.63, 3.8) is 0 Å². The number of nitrogens with zero attached hydrogens (tertiary/aromatic N) is 4. The Morgan fingerprint density at radius 3 is 2.40 bits per heavy atom. The first kappa shape index (κ1) is 13.1. The first-order valence-electron chi connectivity index (χ1n) is 5.18. The minimum atomic E-state index is -1.05. The predicted molar refractivity (Wildman–Crippen MR) is 67.4 cm³/mol. The van der Waals surface area contributed by atoms with Gasteiger partial charge in [-0.3, -0.25) is 4.79 Å². The Hall–Kier alpha value is -3.30. The molecule has 10 nitrogen and oxygen atoms in total. The lowest BCUT2D eigenvalue weighted by Crippen LogP contribution is -2.39. The molecule has 0 spiro atoms. The Morgan fingerprint density at radius 2 is 1.80 bits per heavy atom. The number of nitrogens with two attached hydrogens (primary N) is 2. The summed E-state index contributed by atoms with van der Waals surface area (Å²) in [5.41, 5.74) is 8.46. The first-order chi connectivity index (χ1) is 9.43. The monoisotopic (exact) mass is 276 g/mol. The van der Waals surface area contributed by atoms with E-state index in [1.165, 1.54) is 6.07 Å². The SMILES string of the molecule is Nc1ccn(C(=O)n2cc(C=O)c(N)nc2=O)c(=O)n1. The summed E-state index contributed by atoms with van der Waals surface area (Å²) in [5.74, 6) is -0.382. The van der Waals surface area contributed by atoms with Crippen LogP contribution in [0.25, 0.3) is 0 Å². The molecule has 0 amide bonds. The maximum Gasteiger partial charge on any atom is 0.357 e. The highest BCUT2D eigenvalue weighted by molar-refractivity contribution is 5.84. The third-order valence-electron chi connectivity index (χ3n) is 2.35. The summed E-state index contributed by atoms with van der Waals surface area (Å²) < 4.78 is 1.02. The van der Waals surface area contributed by atoms with Crippen molar-refractivity contribution in [3.05, 3.63) is 45.0 Å². The van der Waals surface area contributed by atoms with Gasteiger partial charge in [0.05, 0.1) is 5.56 Å². The van der Waals surface area contributed by atoms with Crippen LogP contribution in [0.1, 0.15) is 10.4 Å². The maximum absolute atomic E-state index is 12.0. The van der Waals surface area contributed by atoms with Crippen LogP contribution in [0.2, 0.25) is 0 Å². The average Bonchev–Trinajstić information content (AvgIpc) is 2.38. The van der Waals surface area contributed by atoms with Gasteiger partial charge in [-0.05, 0) is 6.07 Å². The molecule has 2 heterocycles. The standard InChI is InChI=1S/C10H8N6O4/c11-6-1-2-15(8(18)13-6)10(20)16-3-5(4-17)7(12)14-9(16)19/h1-4H,(H2,11,13,18)(H2,12,14,19). The second kappa shape index (κ2) is 4.76. The molecule has 10 heteroatoms. The Bertz CT molecular complexity index is 821. The van der Waals surface area contributed by atoms with Crippen molar-refractivity contribution in [1.82, 2.24) is 19.1 Å². The molecule has 0 saturated carbocycles. The molecule has 0 atom stereocenters. The number of carbonyl (C=O) groups is 2. The maximum atomic E-state index is 12.0. The van der Waals surface area contributed by atoms with Gasteiger partial charge in [0.15, 0.2) is 6.29 Å². The molecule has 4 N–H and O–H groups in total. The first-order valence-corrected chi connectivity index (χ1v) is 5.18. The van der Waals surface area contributed by atoms with Crippen LogP contribution in [0.15, 0.2) is 28.0 Å². The van der Waals surface area contributed by atoms with Gasteiger partial charge in [-0.1, -0.05) is 0 Å². The summed E-state index contributed by atoms with van der Waals surface area (Å²) in [6.07, 6.45) is 2.27. The van der Waals surface area contributed by atoms with Crippen molar-refractivity contribution in [2.24, 2.45) is 0 Å². The fourth-order valence-electron chi connectivity index (χ4n) is 1.39. The fraction of sp³-hybridized carbons (Fsp3) is 0. The van der Waals surface area contributed by atoms with Crippen LogP contribution in [0.3, 0.4) is 0 Å². The van der Waals surface area contributed by atoms with E-state index in [2.05, 4.69) is 9.97 Å².